The molecule has 1 aromatic heterocycles. The van der Waals surface area contributed by atoms with E-state index in [9.17, 15) is 19.1 Å². The highest BCUT2D eigenvalue weighted by atomic mass is 32.1. The van der Waals surface area contributed by atoms with Gasteiger partial charge in [0.25, 0.3) is 0 Å². The van der Waals surface area contributed by atoms with Gasteiger partial charge in [-0.25, -0.2) is 4.39 Å². The van der Waals surface area contributed by atoms with Crippen LogP contribution in [0.2, 0.25) is 0 Å². The Morgan fingerprint density at radius 2 is 1.85 bits per heavy atom. The largest absolute Gasteiger partial charge is 0.508 e. The van der Waals surface area contributed by atoms with Crippen molar-refractivity contribution in [3.63, 3.8) is 0 Å². The van der Waals surface area contributed by atoms with E-state index >= 15 is 0 Å². The SMILES string of the molecule is O=C(NC1CCCCC1)C(c1cccc(O)c1)N(C(=O)Cc1cccs1)c1cccc(F)c1. The second-order valence-corrected chi connectivity index (χ2v) is 9.37. The number of amides is 2. The Morgan fingerprint density at radius 3 is 2.55 bits per heavy atom. The highest BCUT2D eigenvalue weighted by molar-refractivity contribution is 7.10. The molecule has 3 aromatic rings. The van der Waals surface area contributed by atoms with Crippen LogP contribution in [0.25, 0.3) is 0 Å². The number of carbonyl (C=O) groups is 2. The fourth-order valence-electron chi connectivity index (χ4n) is 4.35. The Hall–Kier alpha value is -3.19. The molecule has 1 aliphatic carbocycles. The number of phenolic OH excluding ortho intramolecular Hbond substituents is 1. The van der Waals surface area contributed by atoms with Crippen LogP contribution in [0.15, 0.2) is 66.0 Å². The molecule has 1 heterocycles. The molecule has 7 heteroatoms. The number of benzene rings is 2. The molecule has 0 aliphatic heterocycles. The lowest BCUT2D eigenvalue weighted by atomic mass is 9.94. The average Bonchev–Trinajstić information content (AvgIpc) is 3.31. The summed E-state index contributed by atoms with van der Waals surface area (Å²) in [7, 11) is 0. The van der Waals surface area contributed by atoms with Gasteiger partial charge in [-0.05, 0) is 60.2 Å². The number of rotatable bonds is 7. The Labute approximate surface area is 196 Å². The molecule has 0 saturated heterocycles. The van der Waals surface area contributed by atoms with Crippen LogP contribution in [0.3, 0.4) is 0 Å². The lowest BCUT2D eigenvalue weighted by Crippen LogP contribution is -2.47. The van der Waals surface area contributed by atoms with Gasteiger partial charge >= 0.3 is 0 Å². The second kappa shape index (κ2) is 10.6. The van der Waals surface area contributed by atoms with Crippen LogP contribution in [0, 0.1) is 5.82 Å². The molecular formula is C26H27FN2O3S. The minimum atomic E-state index is -1.05. The highest BCUT2D eigenvalue weighted by Gasteiger charge is 2.34. The maximum atomic E-state index is 14.2. The molecule has 0 spiro atoms. The van der Waals surface area contributed by atoms with E-state index in [1.807, 2.05) is 17.5 Å². The van der Waals surface area contributed by atoms with Crippen molar-refractivity contribution in [2.45, 2.75) is 50.6 Å². The first-order chi connectivity index (χ1) is 16.0. The molecule has 1 saturated carbocycles. The zero-order chi connectivity index (χ0) is 23.2. The number of halogens is 1. The minimum Gasteiger partial charge on any atom is -0.508 e. The average molecular weight is 467 g/mol. The summed E-state index contributed by atoms with van der Waals surface area (Å²) in [6.45, 7) is 0. The molecule has 2 amide bonds. The first-order valence-electron chi connectivity index (χ1n) is 11.2. The van der Waals surface area contributed by atoms with E-state index in [1.165, 1.54) is 46.6 Å². The highest BCUT2D eigenvalue weighted by Crippen LogP contribution is 2.32. The first kappa shape index (κ1) is 23.0. The van der Waals surface area contributed by atoms with Crippen LogP contribution in [0.1, 0.15) is 48.6 Å². The van der Waals surface area contributed by atoms with Crippen molar-refractivity contribution in [1.29, 1.82) is 0 Å². The fraction of sp³-hybridized carbons (Fsp3) is 0.308. The van der Waals surface area contributed by atoms with Crippen molar-refractivity contribution in [2.75, 3.05) is 4.90 Å². The van der Waals surface area contributed by atoms with Crippen LogP contribution in [0.4, 0.5) is 10.1 Å². The molecular weight excluding hydrogens is 439 g/mol. The molecule has 1 atom stereocenters. The van der Waals surface area contributed by atoms with Gasteiger partial charge in [0, 0.05) is 16.6 Å². The zero-order valence-corrected chi connectivity index (χ0v) is 19.1. The van der Waals surface area contributed by atoms with Crippen molar-refractivity contribution < 1.29 is 19.1 Å². The van der Waals surface area contributed by atoms with Gasteiger partial charge in [-0.15, -0.1) is 11.3 Å². The summed E-state index contributed by atoms with van der Waals surface area (Å²) < 4.78 is 14.2. The monoisotopic (exact) mass is 466 g/mol. The zero-order valence-electron chi connectivity index (χ0n) is 18.2. The maximum Gasteiger partial charge on any atom is 0.248 e. The van der Waals surface area contributed by atoms with Crippen molar-refractivity contribution in [3.05, 3.63) is 82.3 Å². The number of carbonyl (C=O) groups excluding carboxylic acids is 2. The lowest BCUT2D eigenvalue weighted by molar-refractivity contribution is -0.127. The molecule has 0 bridgehead atoms. The number of thiophene rings is 1. The third-order valence-electron chi connectivity index (χ3n) is 5.90. The van der Waals surface area contributed by atoms with Gasteiger partial charge < -0.3 is 10.4 Å². The molecule has 2 N–H and O–H groups in total. The van der Waals surface area contributed by atoms with Gasteiger partial charge in [0.2, 0.25) is 11.8 Å². The third kappa shape index (κ3) is 5.79. The predicted molar refractivity (Wildman–Crippen MR) is 128 cm³/mol. The van der Waals surface area contributed by atoms with E-state index in [0.29, 0.717) is 11.3 Å². The first-order valence-corrected chi connectivity index (χ1v) is 12.1. The van der Waals surface area contributed by atoms with Crippen LogP contribution >= 0.6 is 11.3 Å². The number of hydrogen-bond donors (Lipinski definition) is 2. The number of hydrogen-bond acceptors (Lipinski definition) is 4. The lowest BCUT2D eigenvalue weighted by Gasteiger charge is -2.33. The Kier molecular flexibility index (Phi) is 7.40. The summed E-state index contributed by atoms with van der Waals surface area (Å²) in [5, 5.41) is 15.1. The van der Waals surface area contributed by atoms with E-state index in [-0.39, 0.29) is 30.0 Å². The summed E-state index contributed by atoms with van der Waals surface area (Å²) in [4.78, 5) is 29.4. The van der Waals surface area contributed by atoms with Crippen LogP contribution in [-0.4, -0.2) is 23.0 Å². The molecule has 1 fully saturated rings. The van der Waals surface area contributed by atoms with Crippen LogP contribution < -0.4 is 10.2 Å². The van der Waals surface area contributed by atoms with Gasteiger partial charge in [0.1, 0.15) is 17.6 Å². The summed E-state index contributed by atoms with van der Waals surface area (Å²) >= 11 is 1.45. The summed E-state index contributed by atoms with van der Waals surface area (Å²) in [5.41, 5.74) is 0.760. The molecule has 1 aliphatic rings. The number of phenols is 1. The molecule has 2 aromatic carbocycles. The molecule has 33 heavy (non-hydrogen) atoms. The number of nitrogens with zero attached hydrogens (tertiary/aromatic N) is 1. The number of anilines is 1. The Morgan fingerprint density at radius 1 is 1.06 bits per heavy atom. The third-order valence-corrected chi connectivity index (χ3v) is 6.78. The van der Waals surface area contributed by atoms with Crippen molar-refractivity contribution >= 4 is 28.8 Å². The van der Waals surface area contributed by atoms with Gasteiger partial charge in [-0.2, -0.15) is 0 Å². The smallest absolute Gasteiger partial charge is 0.248 e. The van der Waals surface area contributed by atoms with Crippen LogP contribution in [-0.2, 0) is 16.0 Å². The molecule has 5 nitrogen and oxygen atoms in total. The van der Waals surface area contributed by atoms with Crippen molar-refractivity contribution in [3.8, 4) is 5.75 Å². The molecule has 172 valence electrons. The molecule has 1 unspecified atom stereocenters. The quantitative estimate of drug-likeness (QED) is 0.493. The normalized spacial score (nSPS) is 15.1. The Balaban J connectivity index is 1.75. The Bertz CT molecular complexity index is 1100. The number of nitrogens with one attached hydrogen (secondary N) is 1. The van der Waals surface area contributed by atoms with E-state index < -0.39 is 11.9 Å². The maximum absolute atomic E-state index is 14.2. The summed E-state index contributed by atoms with van der Waals surface area (Å²) in [6, 6.07) is 14.8. The molecule has 0 radical (unpaired) electrons. The van der Waals surface area contributed by atoms with Gasteiger partial charge in [-0.3, -0.25) is 14.5 Å². The second-order valence-electron chi connectivity index (χ2n) is 8.34. The summed E-state index contributed by atoms with van der Waals surface area (Å²) in [5.74, 6) is -1.16. The summed E-state index contributed by atoms with van der Waals surface area (Å²) in [6.07, 6.45) is 5.11. The van der Waals surface area contributed by atoms with Crippen molar-refractivity contribution in [1.82, 2.24) is 5.32 Å². The van der Waals surface area contributed by atoms with E-state index in [4.69, 9.17) is 0 Å². The topological polar surface area (TPSA) is 69.6 Å². The predicted octanol–water partition coefficient (Wildman–Crippen LogP) is 5.36. The number of aromatic hydroxyl groups is 1. The van der Waals surface area contributed by atoms with E-state index in [0.717, 1.165) is 37.0 Å². The van der Waals surface area contributed by atoms with Crippen LogP contribution in [0.5, 0.6) is 5.75 Å². The van der Waals surface area contributed by atoms with E-state index in [1.54, 1.807) is 18.2 Å². The molecule has 4 rings (SSSR count). The van der Waals surface area contributed by atoms with E-state index in [2.05, 4.69) is 5.32 Å². The van der Waals surface area contributed by atoms with Crippen molar-refractivity contribution in [2.24, 2.45) is 0 Å². The fourth-order valence-corrected chi connectivity index (χ4v) is 5.05. The van der Waals surface area contributed by atoms with Gasteiger partial charge in [0.15, 0.2) is 0 Å². The van der Waals surface area contributed by atoms with Gasteiger partial charge in [-0.1, -0.05) is 43.5 Å². The minimum absolute atomic E-state index is 0.00661. The standard InChI is InChI=1S/C26H27FN2O3S/c27-19-8-5-11-21(16-19)29(24(31)17-23-13-6-14-33-23)25(18-7-4-12-22(30)15-18)26(32)28-20-9-2-1-3-10-20/h4-8,11-16,20,25,30H,1-3,9-10,17H2,(H,28,32). The van der Waals surface area contributed by atoms with Gasteiger partial charge in [0.05, 0.1) is 6.42 Å².